The highest BCUT2D eigenvalue weighted by atomic mass is 79.9. The van der Waals surface area contributed by atoms with E-state index in [0.717, 1.165) is 20.9 Å². The fourth-order valence-electron chi connectivity index (χ4n) is 1.11. The van der Waals surface area contributed by atoms with Gasteiger partial charge in [0.2, 0.25) is 0 Å². The molecule has 1 aromatic carbocycles. The molecule has 0 bridgehead atoms. The molecule has 0 amide bonds. The Kier molecular flexibility index (Phi) is 4.16. The predicted octanol–water partition coefficient (Wildman–Crippen LogP) is 3.79. The standard InChI is InChI=1S/C10H11Br2N/c1-2-3-10(13)8-6-7(11)4-5-9(8)12/h2,4-6,10H,1,3,13H2. The maximum atomic E-state index is 5.95. The van der Waals surface area contributed by atoms with Crippen LogP contribution in [0, 0.1) is 0 Å². The first-order chi connectivity index (χ1) is 6.15. The van der Waals surface area contributed by atoms with Gasteiger partial charge < -0.3 is 5.73 Å². The second-order valence-corrected chi connectivity index (χ2v) is 4.57. The summed E-state index contributed by atoms with van der Waals surface area (Å²) in [4.78, 5) is 0. The number of benzene rings is 1. The molecule has 3 heteroatoms. The molecule has 1 nitrogen and oxygen atoms in total. The second kappa shape index (κ2) is 4.94. The molecule has 1 rings (SSSR count). The topological polar surface area (TPSA) is 26.0 Å². The van der Waals surface area contributed by atoms with Crippen molar-refractivity contribution in [2.45, 2.75) is 12.5 Å². The summed E-state index contributed by atoms with van der Waals surface area (Å²) in [6.07, 6.45) is 2.62. The first-order valence-electron chi connectivity index (χ1n) is 3.96. The van der Waals surface area contributed by atoms with Crippen LogP contribution >= 0.6 is 31.9 Å². The summed E-state index contributed by atoms with van der Waals surface area (Å²) in [7, 11) is 0. The fraction of sp³-hybridized carbons (Fsp3) is 0.200. The molecule has 0 aromatic heterocycles. The molecule has 0 heterocycles. The van der Waals surface area contributed by atoms with E-state index < -0.39 is 0 Å². The Labute approximate surface area is 95.3 Å². The molecule has 1 unspecified atom stereocenters. The SMILES string of the molecule is C=CCC(N)c1cc(Br)ccc1Br. The Morgan fingerprint density at radius 3 is 2.77 bits per heavy atom. The average Bonchev–Trinajstić information content (AvgIpc) is 2.09. The lowest BCUT2D eigenvalue weighted by Crippen LogP contribution is -2.09. The van der Waals surface area contributed by atoms with Gasteiger partial charge in [-0.1, -0.05) is 37.9 Å². The molecule has 1 atom stereocenters. The summed E-state index contributed by atoms with van der Waals surface area (Å²) in [6, 6.07) is 6.01. The summed E-state index contributed by atoms with van der Waals surface area (Å²) in [6.45, 7) is 3.67. The monoisotopic (exact) mass is 303 g/mol. The van der Waals surface area contributed by atoms with Crippen molar-refractivity contribution in [2.75, 3.05) is 0 Å². The summed E-state index contributed by atoms with van der Waals surface area (Å²) in [5.74, 6) is 0. The Morgan fingerprint density at radius 1 is 1.46 bits per heavy atom. The summed E-state index contributed by atoms with van der Waals surface area (Å²) >= 11 is 6.88. The van der Waals surface area contributed by atoms with E-state index in [0.29, 0.717) is 0 Å². The quantitative estimate of drug-likeness (QED) is 0.845. The lowest BCUT2D eigenvalue weighted by atomic mass is 10.1. The van der Waals surface area contributed by atoms with Gasteiger partial charge in [0, 0.05) is 15.0 Å². The molecular weight excluding hydrogens is 294 g/mol. The lowest BCUT2D eigenvalue weighted by molar-refractivity contribution is 0.737. The third kappa shape index (κ3) is 2.93. The second-order valence-electron chi connectivity index (χ2n) is 2.80. The van der Waals surface area contributed by atoms with Crippen LogP contribution in [0.2, 0.25) is 0 Å². The molecule has 70 valence electrons. The van der Waals surface area contributed by atoms with Crippen LogP contribution < -0.4 is 5.73 Å². The van der Waals surface area contributed by atoms with Gasteiger partial charge >= 0.3 is 0 Å². The third-order valence-electron chi connectivity index (χ3n) is 1.78. The van der Waals surface area contributed by atoms with E-state index in [-0.39, 0.29) is 6.04 Å². The van der Waals surface area contributed by atoms with Crippen molar-refractivity contribution in [3.05, 3.63) is 45.4 Å². The minimum Gasteiger partial charge on any atom is -0.324 e. The summed E-state index contributed by atoms with van der Waals surface area (Å²) in [5, 5.41) is 0. The van der Waals surface area contributed by atoms with Crippen molar-refractivity contribution in [3.8, 4) is 0 Å². The summed E-state index contributed by atoms with van der Waals surface area (Å²) < 4.78 is 2.09. The van der Waals surface area contributed by atoms with Crippen molar-refractivity contribution >= 4 is 31.9 Å². The van der Waals surface area contributed by atoms with E-state index in [4.69, 9.17) is 5.73 Å². The molecular formula is C10H11Br2N. The van der Waals surface area contributed by atoms with E-state index in [1.54, 1.807) is 0 Å². The van der Waals surface area contributed by atoms with Gasteiger partial charge in [-0.3, -0.25) is 0 Å². The van der Waals surface area contributed by atoms with Gasteiger partial charge in [0.25, 0.3) is 0 Å². The van der Waals surface area contributed by atoms with Crippen molar-refractivity contribution in [1.82, 2.24) is 0 Å². The van der Waals surface area contributed by atoms with Crippen molar-refractivity contribution in [3.63, 3.8) is 0 Å². The Hall–Kier alpha value is -0.120. The van der Waals surface area contributed by atoms with E-state index >= 15 is 0 Å². The molecule has 0 spiro atoms. The van der Waals surface area contributed by atoms with E-state index in [9.17, 15) is 0 Å². The van der Waals surface area contributed by atoms with Crippen LogP contribution in [-0.2, 0) is 0 Å². The molecule has 0 aliphatic carbocycles. The van der Waals surface area contributed by atoms with Crippen LogP contribution in [-0.4, -0.2) is 0 Å². The highest BCUT2D eigenvalue weighted by Gasteiger charge is 2.08. The van der Waals surface area contributed by atoms with Crippen molar-refractivity contribution < 1.29 is 0 Å². The van der Waals surface area contributed by atoms with Crippen LogP contribution in [0.25, 0.3) is 0 Å². The molecule has 13 heavy (non-hydrogen) atoms. The number of hydrogen-bond acceptors (Lipinski definition) is 1. The minimum atomic E-state index is 0.0179. The van der Waals surface area contributed by atoms with Gasteiger partial charge in [-0.25, -0.2) is 0 Å². The largest absolute Gasteiger partial charge is 0.324 e. The van der Waals surface area contributed by atoms with Crippen molar-refractivity contribution in [2.24, 2.45) is 5.73 Å². The number of nitrogens with two attached hydrogens (primary N) is 1. The lowest BCUT2D eigenvalue weighted by Gasteiger charge is -2.11. The highest BCUT2D eigenvalue weighted by Crippen LogP contribution is 2.27. The normalized spacial score (nSPS) is 12.5. The number of hydrogen-bond donors (Lipinski definition) is 1. The van der Waals surface area contributed by atoms with Crippen LogP contribution in [0.4, 0.5) is 0 Å². The Balaban J connectivity index is 2.97. The molecule has 0 saturated carbocycles. The molecule has 0 aliphatic heterocycles. The van der Waals surface area contributed by atoms with Crippen LogP contribution in [0.15, 0.2) is 39.8 Å². The van der Waals surface area contributed by atoms with Gasteiger partial charge in [0.05, 0.1) is 0 Å². The van der Waals surface area contributed by atoms with Crippen LogP contribution in [0.1, 0.15) is 18.0 Å². The maximum Gasteiger partial charge on any atom is 0.0341 e. The van der Waals surface area contributed by atoms with Gasteiger partial charge in [-0.15, -0.1) is 6.58 Å². The van der Waals surface area contributed by atoms with Gasteiger partial charge in [-0.05, 0) is 30.2 Å². The molecule has 0 radical (unpaired) electrons. The average molecular weight is 305 g/mol. The zero-order valence-electron chi connectivity index (χ0n) is 7.13. The predicted molar refractivity (Wildman–Crippen MR) is 63.6 cm³/mol. The zero-order valence-corrected chi connectivity index (χ0v) is 10.3. The first kappa shape index (κ1) is 11.0. The zero-order chi connectivity index (χ0) is 9.84. The number of halogens is 2. The van der Waals surface area contributed by atoms with E-state index in [2.05, 4.69) is 38.4 Å². The minimum absolute atomic E-state index is 0.0179. The third-order valence-corrected chi connectivity index (χ3v) is 2.99. The number of rotatable bonds is 3. The van der Waals surface area contributed by atoms with Crippen LogP contribution in [0.5, 0.6) is 0 Å². The Bertz CT molecular complexity index is 310. The molecule has 1 aromatic rings. The van der Waals surface area contributed by atoms with Gasteiger partial charge in [0.1, 0.15) is 0 Å². The van der Waals surface area contributed by atoms with Crippen molar-refractivity contribution in [1.29, 1.82) is 0 Å². The first-order valence-corrected chi connectivity index (χ1v) is 5.55. The van der Waals surface area contributed by atoms with E-state index in [1.165, 1.54) is 0 Å². The van der Waals surface area contributed by atoms with Gasteiger partial charge in [0.15, 0.2) is 0 Å². The summed E-state index contributed by atoms with van der Waals surface area (Å²) in [5.41, 5.74) is 7.06. The molecule has 0 aliphatic rings. The van der Waals surface area contributed by atoms with E-state index in [1.807, 2.05) is 24.3 Å². The smallest absolute Gasteiger partial charge is 0.0341 e. The fourth-order valence-corrected chi connectivity index (χ4v) is 2.02. The molecule has 2 N–H and O–H groups in total. The highest BCUT2D eigenvalue weighted by molar-refractivity contribution is 9.11. The molecule has 0 saturated heterocycles. The van der Waals surface area contributed by atoms with Crippen LogP contribution in [0.3, 0.4) is 0 Å². The molecule has 0 fully saturated rings. The van der Waals surface area contributed by atoms with Gasteiger partial charge in [-0.2, -0.15) is 0 Å². The Morgan fingerprint density at radius 2 is 2.15 bits per heavy atom. The maximum absolute atomic E-state index is 5.95.